The fraction of sp³-hybridized carbons (Fsp3) is 0.143. The summed E-state index contributed by atoms with van der Waals surface area (Å²) in [5, 5.41) is 44.2. The maximum atomic E-state index is 8.87. The Kier molecular flexibility index (Phi) is 4.47. The standard InChI is InChI=1S/C7H8O3.C7H8O2/c1-4-2-5(8)7(10)6(9)3-4;1-5-2-3-6(8)7(9)4-5/h2-3,8-10H,1H3;2-4,8-9H,1H3. The van der Waals surface area contributed by atoms with E-state index in [9.17, 15) is 0 Å². The summed E-state index contributed by atoms with van der Waals surface area (Å²) in [7, 11) is 0. The summed E-state index contributed by atoms with van der Waals surface area (Å²) in [6.45, 7) is 3.55. The first kappa shape index (κ1) is 14.5. The molecular formula is C14H16O5. The normalized spacial score (nSPS) is 9.58. The first-order valence-electron chi connectivity index (χ1n) is 5.51. The maximum absolute atomic E-state index is 8.87. The second-order valence-electron chi connectivity index (χ2n) is 4.14. The summed E-state index contributed by atoms with van der Waals surface area (Å²) >= 11 is 0. The van der Waals surface area contributed by atoms with Crippen molar-refractivity contribution in [3.8, 4) is 28.7 Å². The van der Waals surface area contributed by atoms with Gasteiger partial charge >= 0.3 is 0 Å². The molecule has 5 N–H and O–H groups in total. The molecule has 0 fully saturated rings. The highest BCUT2D eigenvalue weighted by Gasteiger charge is 2.04. The van der Waals surface area contributed by atoms with Crippen LogP contribution < -0.4 is 0 Å². The lowest BCUT2D eigenvalue weighted by molar-refractivity contribution is 0.367. The quantitative estimate of drug-likeness (QED) is 0.471. The van der Waals surface area contributed by atoms with Gasteiger partial charge in [0, 0.05) is 0 Å². The molecule has 0 aliphatic heterocycles. The van der Waals surface area contributed by atoms with Crippen molar-refractivity contribution >= 4 is 0 Å². The molecule has 5 heteroatoms. The van der Waals surface area contributed by atoms with E-state index in [1.54, 1.807) is 13.0 Å². The largest absolute Gasteiger partial charge is 0.504 e. The molecule has 2 aromatic rings. The van der Waals surface area contributed by atoms with Gasteiger partial charge in [0.2, 0.25) is 0 Å². The molecule has 0 atom stereocenters. The van der Waals surface area contributed by atoms with Crippen LogP contribution in [0.5, 0.6) is 28.7 Å². The zero-order valence-electron chi connectivity index (χ0n) is 10.6. The number of phenolic OH excluding ortho intramolecular Hbond substituents is 5. The lowest BCUT2D eigenvalue weighted by Gasteiger charge is -2.00. The number of rotatable bonds is 0. The molecule has 0 saturated heterocycles. The Morgan fingerprint density at radius 2 is 1.05 bits per heavy atom. The van der Waals surface area contributed by atoms with E-state index in [1.807, 2.05) is 6.92 Å². The third-order valence-electron chi connectivity index (χ3n) is 2.34. The summed E-state index contributed by atoms with van der Waals surface area (Å²) in [6, 6.07) is 7.44. The zero-order chi connectivity index (χ0) is 14.6. The van der Waals surface area contributed by atoms with Crippen LogP contribution in [0.25, 0.3) is 0 Å². The molecule has 0 heterocycles. The van der Waals surface area contributed by atoms with Gasteiger partial charge in [-0.3, -0.25) is 0 Å². The SMILES string of the molecule is Cc1cc(O)c(O)c(O)c1.Cc1ccc(O)c(O)c1. The molecule has 0 unspecified atom stereocenters. The van der Waals surface area contributed by atoms with E-state index in [1.165, 1.54) is 24.3 Å². The first-order chi connectivity index (χ1) is 8.81. The van der Waals surface area contributed by atoms with Crippen molar-refractivity contribution in [2.45, 2.75) is 13.8 Å². The molecule has 0 aliphatic carbocycles. The smallest absolute Gasteiger partial charge is 0.200 e. The van der Waals surface area contributed by atoms with Gasteiger partial charge in [-0.25, -0.2) is 0 Å². The Bertz CT molecular complexity index is 555. The highest BCUT2D eigenvalue weighted by atomic mass is 16.3. The zero-order valence-corrected chi connectivity index (χ0v) is 10.6. The summed E-state index contributed by atoms with van der Waals surface area (Å²) in [6.07, 6.45) is 0. The minimum Gasteiger partial charge on any atom is -0.504 e. The van der Waals surface area contributed by atoms with Gasteiger partial charge in [0.25, 0.3) is 0 Å². The molecule has 2 rings (SSSR count). The van der Waals surface area contributed by atoms with Crippen molar-refractivity contribution in [2.75, 3.05) is 0 Å². The third kappa shape index (κ3) is 3.99. The molecule has 5 nitrogen and oxygen atoms in total. The Morgan fingerprint density at radius 1 is 0.579 bits per heavy atom. The van der Waals surface area contributed by atoms with Crippen molar-refractivity contribution in [1.82, 2.24) is 0 Å². The fourth-order valence-electron chi connectivity index (χ4n) is 1.37. The van der Waals surface area contributed by atoms with Gasteiger partial charge < -0.3 is 25.5 Å². The van der Waals surface area contributed by atoms with E-state index in [0.717, 1.165) is 5.56 Å². The van der Waals surface area contributed by atoms with Gasteiger partial charge in [-0.1, -0.05) is 6.07 Å². The summed E-state index contributed by atoms with van der Waals surface area (Å²) < 4.78 is 0. The first-order valence-corrected chi connectivity index (χ1v) is 5.51. The average Bonchev–Trinajstić information content (AvgIpc) is 2.32. The van der Waals surface area contributed by atoms with Crippen molar-refractivity contribution in [3.05, 3.63) is 41.5 Å². The Balaban J connectivity index is 0.000000191. The average molecular weight is 264 g/mol. The number of hydrogen-bond donors (Lipinski definition) is 5. The highest BCUT2D eigenvalue weighted by Crippen LogP contribution is 2.34. The number of phenols is 5. The number of aryl methyl sites for hydroxylation is 2. The maximum Gasteiger partial charge on any atom is 0.200 e. The molecule has 2 aromatic carbocycles. The minimum absolute atomic E-state index is 0.0602. The lowest BCUT2D eigenvalue weighted by atomic mass is 10.2. The molecule has 102 valence electrons. The van der Waals surface area contributed by atoms with Gasteiger partial charge in [0.05, 0.1) is 0 Å². The predicted molar refractivity (Wildman–Crippen MR) is 70.7 cm³/mol. The van der Waals surface area contributed by atoms with Gasteiger partial charge in [-0.15, -0.1) is 0 Å². The van der Waals surface area contributed by atoms with E-state index in [-0.39, 0.29) is 23.0 Å². The number of aromatic hydroxyl groups is 5. The topological polar surface area (TPSA) is 101 Å². The molecule has 0 spiro atoms. The predicted octanol–water partition coefficient (Wildman–Crippen LogP) is 2.52. The molecule has 0 bridgehead atoms. The van der Waals surface area contributed by atoms with E-state index in [2.05, 4.69) is 0 Å². The molecule has 0 saturated carbocycles. The molecular weight excluding hydrogens is 248 g/mol. The second kappa shape index (κ2) is 5.86. The van der Waals surface area contributed by atoms with Crippen molar-refractivity contribution in [1.29, 1.82) is 0 Å². The third-order valence-corrected chi connectivity index (χ3v) is 2.34. The van der Waals surface area contributed by atoms with E-state index in [0.29, 0.717) is 5.56 Å². The van der Waals surface area contributed by atoms with Crippen LogP contribution >= 0.6 is 0 Å². The van der Waals surface area contributed by atoms with Crippen molar-refractivity contribution in [3.63, 3.8) is 0 Å². The minimum atomic E-state index is -0.467. The number of benzene rings is 2. The van der Waals surface area contributed by atoms with Crippen LogP contribution in [0.4, 0.5) is 0 Å². The van der Waals surface area contributed by atoms with Crippen LogP contribution in [0.2, 0.25) is 0 Å². The molecule has 0 amide bonds. The highest BCUT2D eigenvalue weighted by molar-refractivity contribution is 5.50. The van der Waals surface area contributed by atoms with Gasteiger partial charge in [0.1, 0.15) is 0 Å². The van der Waals surface area contributed by atoms with Gasteiger partial charge in [0.15, 0.2) is 28.7 Å². The summed E-state index contributed by atoms with van der Waals surface area (Å²) in [4.78, 5) is 0. The summed E-state index contributed by atoms with van der Waals surface area (Å²) in [5.74, 6) is -1.18. The van der Waals surface area contributed by atoms with Crippen LogP contribution in [0, 0.1) is 13.8 Å². The van der Waals surface area contributed by atoms with Crippen LogP contribution in [0.15, 0.2) is 30.3 Å². The van der Waals surface area contributed by atoms with Crippen LogP contribution in [-0.4, -0.2) is 25.5 Å². The Morgan fingerprint density at radius 3 is 1.47 bits per heavy atom. The Hall–Kier alpha value is -2.56. The van der Waals surface area contributed by atoms with E-state index in [4.69, 9.17) is 25.5 Å². The van der Waals surface area contributed by atoms with Crippen LogP contribution in [-0.2, 0) is 0 Å². The van der Waals surface area contributed by atoms with E-state index >= 15 is 0 Å². The second-order valence-corrected chi connectivity index (χ2v) is 4.14. The monoisotopic (exact) mass is 264 g/mol. The van der Waals surface area contributed by atoms with Gasteiger partial charge in [-0.05, 0) is 49.2 Å². The van der Waals surface area contributed by atoms with Gasteiger partial charge in [-0.2, -0.15) is 0 Å². The van der Waals surface area contributed by atoms with Crippen molar-refractivity contribution in [2.24, 2.45) is 0 Å². The molecule has 19 heavy (non-hydrogen) atoms. The number of hydrogen-bond acceptors (Lipinski definition) is 5. The Labute approximate surface area is 110 Å². The van der Waals surface area contributed by atoms with Crippen LogP contribution in [0.3, 0.4) is 0 Å². The summed E-state index contributed by atoms with van der Waals surface area (Å²) in [5.41, 5.74) is 1.64. The molecule has 0 radical (unpaired) electrons. The lowest BCUT2D eigenvalue weighted by Crippen LogP contribution is -1.74. The molecule has 0 aromatic heterocycles. The van der Waals surface area contributed by atoms with Crippen LogP contribution in [0.1, 0.15) is 11.1 Å². The van der Waals surface area contributed by atoms with E-state index < -0.39 is 5.75 Å². The van der Waals surface area contributed by atoms with Crippen molar-refractivity contribution < 1.29 is 25.5 Å². The molecule has 0 aliphatic rings. The fourth-order valence-corrected chi connectivity index (χ4v) is 1.37.